The van der Waals surface area contributed by atoms with Crippen LogP contribution in [0.3, 0.4) is 0 Å². The number of aliphatic imine (C=N–C) groups is 1. The minimum absolute atomic E-state index is 0.144. The van der Waals surface area contributed by atoms with Crippen molar-refractivity contribution in [2.24, 2.45) is 4.99 Å². The molecule has 3 rings (SSSR count). The summed E-state index contributed by atoms with van der Waals surface area (Å²) >= 11 is 1.44. The largest absolute Gasteiger partial charge is 0.494 e. The molecule has 2 aliphatic heterocycles. The molecule has 0 saturated carbocycles. The maximum atomic E-state index is 12.2. The van der Waals surface area contributed by atoms with E-state index in [2.05, 4.69) is 16.8 Å². The molecule has 1 aromatic carbocycles. The van der Waals surface area contributed by atoms with E-state index >= 15 is 0 Å². The Morgan fingerprint density at radius 3 is 2.60 bits per heavy atom. The lowest BCUT2D eigenvalue weighted by Crippen LogP contribution is -2.47. The van der Waals surface area contributed by atoms with Crippen LogP contribution in [0.1, 0.15) is 32.8 Å². The number of rotatable bonds is 4. The molecule has 134 valence electrons. The zero-order valence-corrected chi connectivity index (χ0v) is 15.7. The van der Waals surface area contributed by atoms with Crippen molar-refractivity contribution in [1.29, 1.82) is 0 Å². The topological polar surface area (TPSA) is 51.1 Å². The third-order valence-corrected chi connectivity index (χ3v) is 4.99. The molecular formula is C19H24N2O3S. The van der Waals surface area contributed by atoms with Crippen LogP contribution in [0, 0.1) is 0 Å². The van der Waals surface area contributed by atoms with Crippen molar-refractivity contribution in [2.45, 2.75) is 39.4 Å². The number of amides is 1. The third kappa shape index (κ3) is 4.64. The fourth-order valence-electron chi connectivity index (χ4n) is 2.90. The summed E-state index contributed by atoms with van der Waals surface area (Å²) in [6, 6.07) is 7.78. The minimum Gasteiger partial charge on any atom is -0.494 e. The number of carbonyl (C=O) groups is 1. The van der Waals surface area contributed by atoms with Crippen molar-refractivity contribution < 1.29 is 14.3 Å². The summed E-state index contributed by atoms with van der Waals surface area (Å²) in [5, 5.41) is 0.779. The van der Waals surface area contributed by atoms with E-state index in [-0.39, 0.29) is 18.1 Å². The normalized spacial score (nSPS) is 25.4. The molecule has 25 heavy (non-hydrogen) atoms. The minimum atomic E-state index is -0.168. The van der Waals surface area contributed by atoms with Gasteiger partial charge in [0.2, 0.25) is 0 Å². The highest BCUT2D eigenvalue weighted by molar-refractivity contribution is 8.18. The smallest absolute Gasteiger partial charge is 0.286 e. The van der Waals surface area contributed by atoms with Gasteiger partial charge in [-0.3, -0.25) is 4.79 Å². The molecule has 0 spiro atoms. The van der Waals surface area contributed by atoms with Crippen molar-refractivity contribution in [3.05, 3.63) is 34.7 Å². The first kappa shape index (κ1) is 18.0. The van der Waals surface area contributed by atoms with Crippen molar-refractivity contribution >= 4 is 28.9 Å². The molecule has 0 aliphatic carbocycles. The number of nitrogens with zero attached hydrogens (tertiary/aromatic N) is 2. The number of carbonyl (C=O) groups excluding carboxylic acids is 1. The standard InChI is InChI=1S/C19H24N2O3S/c1-4-9-23-16-7-5-15(6-8-16)10-17-18(22)20-19(25-17)21-11-13(2)24-14(3)12-21/h5-8,10,13-14H,4,9,11-12H2,1-3H3/b17-10+/t13-,14-/m1/s1. The maximum absolute atomic E-state index is 12.2. The van der Waals surface area contributed by atoms with Gasteiger partial charge in [0, 0.05) is 13.1 Å². The molecule has 1 fully saturated rings. The summed E-state index contributed by atoms with van der Waals surface area (Å²) in [6.07, 6.45) is 3.16. The molecule has 2 atom stereocenters. The van der Waals surface area contributed by atoms with Gasteiger partial charge in [-0.25, -0.2) is 0 Å². The number of amidine groups is 1. The van der Waals surface area contributed by atoms with Crippen LogP contribution in [0.4, 0.5) is 0 Å². The van der Waals surface area contributed by atoms with Gasteiger partial charge in [-0.1, -0.05) is 19.1 Å². The third-order valence-electron chi connectivity index (χ3n) is 3.95. The number of benzene rings is 1. The first-order valence-corrected chi connectivity index (χ1v) is 9.52. The summed E-state index contributed by atoms with van der Waals surface area (Å²) in [4.78, 5) is 19.3. The lowest BCUT2D eigenvalue weighted by atomic mass is 10.2. The molecular weight excluding hydrogens is 336 g/mol. The summed E-state index contributed by atoms with van der Waals surface area (Å²) in [5.74, 6) is 0.681. The van der Waals surface area contributed by atoms with Gasteiger partial charge < -0.3 is 14.4 Å². The molecule has 2 aliphatic rings. The Morgan fingerprint density at radius 1 is 1.28 bits per heavy atom. The van der Waals surface area contributed by atoms with Crippen LogP contribution in [-0.4, -0.2) is 47.9 Å². The van der Waals surface area contributed by atoms with Gasteiger partial charge >= 0.3 is 0 Å². The molecule has 1 saturated heterocycles. The van der Waals surface area contributed by atoms with Gasteiger partial charge in [0.15, 0.2) is 5.17 Å². The fraction of sp³-hybridized carbons (Fsp3) is 0.474. The van der Waals surface area contributed by atoms with E-state index in [4.69, 9.17) is 9.47 Å². The second-order valence-electron chi connectivity index (χ2n) is 6.39. The van der Waals surface area contributed by atoms with Gasteiger partial charge in [-0.05, 0) is 55.8 Å². The van der Waals surface area contributed by atoms with Crippen molar-refractivity contribution in [2.75, 3.05) is 19.7 Å². The van der Waals surface area contributed by atoms with Crippen LogP contribution in [0.5, 0.6) is 5.75 Å². The van der Waals surface area contributed by atoms with Crippen molar-refractivity contribution in [3.63, 3.8) is 0 Å². The summed E-state index contributed by atoms with van der Waals surface area (Å²) in [5.41, 5.74) is 0.972. The van der Waals surface area contributed by atoms with E-state index in [1.165, 1.54) is 11.8 Å². The first-order valence-electron chi connectivity index (χ1n) is 8.71. The van der Waals surface area contributed by atoms with E-state index in [0.717, 1.165) is 36.0 Å². The molecule has 1 aromatic rings. The highest BCUT2D eigenvalue weighted by Crippen LogP contribution is 2.31. The summed E-state index contributed by atoms with van der Waals surface area (Å²) < 4.78 is 11.3. The molecule has 2 heterocycles. The van der Waals surface area contributed by atoms with E-state index in [9.17, 15) is 4.79 Å². The lowest BCUT2D eigenvalue weighted by Gasteiger charge is -2.35. The molecule has 1 amide bonds. The predicted molar refractivity (Wildman–Crippen MR) is 102 cm³/mol. The van der Waals surface area contributed by atoms with E-state index in [0.29, 0.717) is 11.5 Å². The molecule has 0 bridgehead atoms. The molecule has 0 unspecified atom stereocenters. The molecule has 0 aromatic heterocycles. The van der Waals surface area contributed by atoms with Gasteiger partial charge in [0.25, 0.3) is 5.91 Å². The number of ether oxygens (including phenoxy) is 2. The van der Waals surface area contributed by atoms with Gasteiger partial charge in [0.05, 0.1) is 23.7 Å². The molecule has 5 nitrogen and oxygen atoms in total. The Kier molecular flexibility index (Phi) is 5.81. The molecule has 0 N–H and O–H groups in total. The van der Waals surface area contributed by atoms with Crippen LogP contribution in [0.15, 0.2) is 34.2 Å². The van der Waals surface area contributed by atoms with Crippen LogP contribution >= 0.6 is 11.8 Å². The Morgan fingerprint density at radius 2 is 1.96 bits per heavy atom. The first-order chi connectivity index (χ1) is 12.0. The number of hydrogen-bond donors (Lipinski definition) is 0. The molecule has 0 radical (unpaired) electrons. The summed E-state index contributed by atoms with van der Waals surface area (Å²) in [6.45, 7) is 8.41. The zero-order valence-electron chi connectivity index (χ0n) is 14.9. The van der Waals surface area contributed by atoms with Crippen LogP contribution in [0.25, 0.3) is 6.08 Å². The van der Waals surface area contributed by atoms with Gasteiger partial charge in [-0.15, -0.1) is 0 Å². The van der Waals surface area contributed by atoms with Gasteiger partial charge in [0.1, 0.15) is 5.75 Å². The van der Waals surface area contributed by atoms with Crippen LogP contribution < -0.4 is 4.74 Å². The van der Waals surface area contributed by atoms with Crippen LogP contribution in [-0.2, 0) is 9.53 Å². The average Bonchev–Trinajstić information content (AvgIpc) is 2.94. The Hall–Kier alpha value is -1.79. The van der Waals surface area contributed by atoms with E-state index in [1.54, 1.807) is 0 Å². The monoisotopic (exact) mass is 360 g/mol. The van der Waals surface area contributed by atoms with E-state index in [1.807, 2.05) is 44.2 Å². The second-order valence-corrected chi connectivity index (χ2v) is 7.40. The number of hydrogen-bond acceptors (Lipinski definition) is 5. The average molecular weight is 360 g/mol. The predicted octanol–water partition coefficient (Wildman–Crippen LogP) is 3.55. The van der Waals surface area contributed by atoms with E-state index < -0.39 is 0 Å². The highest BCUT2D eigenvalue weighted by atomic mass is 32.2. The highest BCUT2D eigenvalue weighted by Gasteiger charge is 2.30. The second kappa shape index (κ2) is 8.06. The van der Waals surface area contributed by atoms with Crippen LogP contribution in [0.2, 0.25) is 0 Å². The maximum Gasteiger partial charge on any atom is 0.286 e. The lowest BCUT2D eigenvalue weighted by molar-refractivity contribution is -0.113. The van der Waals surface area contributed by atoms with Crippen molar-refractivity contribution in [3.8, 4) is 5.75 Å². The Labute approximate surface area is 153 Å². The van der Waals surface area contributed by atoms with Gasteiger partial charge in [-0.2, -0.15) is 4.99 Å². The van der Waals surface area contributed by atoms with Crippen molar-refractivity contribution in [1.82, 2.24) is 4.90 Å². The number of morpholine rings is 1. The Bertz CT molecular complexity index is 674. The summed E-state index contributed by atoms with van der Waals surface area (Å²) in [7, 11) is 0. The Balaban J connectivity index is 1.66. The number of thioether (sulfide) groups is 1. The zero-order chi connectivity index (χ0) is 17.8. The quantitative estimate of drug-likeness (QED) is 0.769. The molecule has 6 heteroatoms. The SMILES string of the molecule is CCCOc1ccc(/C=C2/SC(N3C[C@@H](C)O[C@H](C)C3)=NC2=O)cc1. The fourth-order valence-corrected chi connectivity index (χ4v) is 3.83.